The van der Waals surface area contributed by atoms with Crippen LogP contribution in [-0.4, -0.2) is 47.4 Å². The van der Waals surface area contributed by atoms with Gasteiger partial charge in [-0.15, -0.1) is 0 Å². The molecule has 0 aromatic carbocycles. The van der Waals surface area contributed by atoms with Crippen LogP contribution < -0.4 is 5.32 Å². The third-order valence-electron chi connectivity index (χ3n) is 12.0. The lowest BCUT2D eigenvalue weighted by Gasteiger charge is -2.20. The fourth-order valence-corrected chi connectivity index (χ4v) is 7.92. The summed E-state index contributed by atoms with van der Waals surface area (Å²) in [5.74, 6) is -0.110. The van der Waals surface area contributed by atoms with E-state index in [1.165, 1.54) is 193 Å². The van der Waals surface area contributed by atoms with E-state index in [4.69, 9.17) is 4.74 Å². The Bertz CT molecular complexity index is 920. The molecule has 1 amide bonds. The summed E-state index contributed by atoms with van der Waals surface area (Å²) >= 11 is 0. The zero-order valence-electron chi connectivity index (χ0n) is 39.5. The number of carbonyl (C=O) groups excluding carboxylic acids is 2. The van der Waals surface area contributed by atoms with Gasteiger partial charge >= 0.3 is 5.97 Å². The maximum Gasteiger partial charge on any atom is 0.305 e. The fraction of sp³-hybridized carbons (Fsp3) is 0.887. The molecule has 0 rings (SSSR count). The van der Waals surface area contributed by atoms with E-state index < -0.39 is 12.1 Å². The van der Waals surface area contributed by atoms with Crippen molar-refractivity contribution >= 4 is 11.9 Å². The highest BCUT2D eigenvalue weighted by atomic mass is 16.5. The van der Waals surface area contributed by atoms with Crippen molar-refractivity contribution in [3.05, 3.63) is 24.3 Å². The zero-order valence-corrected chi connectivity index (χ0v) is 39.5. The lowest BCUT2D eigenvalue weighted by Crippen LogP contribution is -2.45. The molecule has 0 aliphatic heterocycles. The number of hydrogen-bond donors (Lipinski definition) is 3. The van der Waals surface area contributed by atoms with Gasteiger partial charge in [-0.05, 0) is 57.8 Å². The van der Waals surface area contributed by atoms with E-state index in [0.29, 0.717) is 19.4 Å². The summed E-state index contributed by atoms with van der Waals surface area (Å²) in [6, 6.07) is -0.642. The number of amides is 1. The van der Waals surface area contributed by atoms with Crippen molar-refractivity contribution in [3.63, 3.8) is 0 Å². The Hall–Kier alpha value is -1.66. The number of esters is 1. The highest BCUT2D eigenvalue weighted by Gasteiger charge is 2.18. The summed E-state index contributed by atoms with van der Waals surface area (Å²) in [5.41, 5.74) is 0. The van der Waals surface area contributed by atoms with E-state index in [-0.39, 0.29) is 18.5 Å². The normalized spacial score (nSPS) is 12.8. The molecule has 6 heteroatoms. The number of unbranched alkanes of at least 4 members (excludes halogenated alkanes) is 35. The monoisotopic (exact) mass is 832 g/mol. The number of ether oxygens (including phenoxy) is 1. The van der Waals surface area contributed by atoms with E-state index in [0.717, 1.165) is 57.8 Å². The van der Waals surface area contributed by atoms with E-state index in [9.17, 15) is 19.8 Å². The Morgan fingerprint density at radius 1 is 0.458 bits per heavy atom. The molecular weight excluding hydrogens is 731 g/mol. The van der Waals surface area contributed by atoms with Gasteiger partial charge in [-0.3, -0.25) is 9.59 Å². The average Bonchev–Trinajstić information content (AvgIpc) is 3.24. The van der Waals surface area contributed by atoms with Crippen LogP contribution in [-0.2, 0) is 14.3 Å². The van der Waals surface area contributed by atoms with Crippen LogP contribution in [0.4, 0.5) is 0 Å². The van der Waals surface area contributed by atoms with Crippen molar-refractivity contribution in [2.45, 2.75) is 289 Å². The molecule has 2 unspecified atom stereocenters. The van der Waals surface area contributed by atoms with Crippen molar-refractivity contribution in [3.8, 4) is 0 Å². The Morgan fingerprint density at radius 2 is 0.797 bits per heavy atom. The highest BCUT2D eigenvalue weighted by Crippen LogP contribution is 2.16. The van der Waals surface area contributed by atoms with Crippen LogP contribution >= 0.6 is 0 Å². The number of hydrogen-bond acceptors (Lipinski definition) is 5. The molecule has 0 bridgehead atoms. The second kappa shape index (κ2) is 49.0. The minimum absolute atomic E-state index is 0.0240. The predicted molar refractivity (Wildman–Crippen MR) is 255 cm³/mol. The van der Waals surface area contributed by atoms with Crippen LogP contribution in [0.2, 0.25) is 0 Å². The number of aliphatic hydroxyl groups is 2. The van der Waals surface area contributed by atoms with Crippen LogP contribution in [0.5, 0.6) is 0 Å². The molecule has 0 saturated heterocycles. The van der Waals surface area contributed by atoms with Crippen molar-refractivity contribution in [1.29, 1.82) is 0 Å². The first-order valence-electron chi connectivity index (χ1n) is 26.1. The minimum Gasteiger partial charge on any atom is -0.466 e. The van der Waals surface area contributed by atoms with Crippen molar-refractivity contribution in [2.75, 3.05) is 13.2 Å². The van der Waals surface area contributed by atoms with E-state index in [1.54, 1.807) is 6.08 Å². The molecule has 0 saturated carbocycles. The smallest absolute Gasteiger partial charge is 0.305 e. The van der Waals surface area contributed by atoms with Crippen molar-refractivity contribution in [2.24, 2.45) is 0 Å². The average molecular weight is 832 g/mol. The predicted octanol–water partition coefficient (Wildman–Crippen LogP) is 15.5. The number of allylic oxidation sites excluding steroid dienone is 3. The standard InChI is InChI=1S/C53H101NO5/c1-3-5-7-9-11-13-15-17-19-20-21-22-25-29-33-37-41-45-51(56)50(49-55)54-52(57)46-42-38-34-30-26-24-28-32-36-40-44-48-59-53(58)47-43-39-35-31-27-23-18-16-14-12-10-8-6-4-2/h16,18,41,45,50-51,55-56H,3-15,17,19-40,42-44,46-49H2,1-2H3,(H,54,57)/b18-16-,45-41+. The maximum absolute atomic E-state index is 12.4. The molecule has 0 radical (unpaired) electrons. The first-order valence-corrected chi connectivity index (χ1v) is 26.1. The highest BCUT2D eigenvalue weighted by molar-refractivity contribution is 5.76. The first-order chi connectivity index (χ1) is 29.0. The Kier molecular flexibility index (Phi) is 47.6. The maximum atomic E-state index is 12.4. The Morgan fingerprint density at radius 3 is 1.20 bits per heavy atom. The van der Waals surface area contributed by atoms with Gasteiger partial charge in [0.2, 0.25) is 5.91 Å². The second-order valence-electron chi connectivity index (χ2n) is 17.9. The van der Waals surface area contributed by atoms with Crippen LogP contribution in [0.25, 0.3) is 0 Å². The summed E-state index contributed by atoms with van der Waals surface area (Å²) in [4.78, 5) is 24.5. The lowest BCUT2D eigenvalue weighted by molar-refractivity contribution is -0.143. The molecule has 0 aliphatic rings. The SMILES string of the molecule is CCCCCCC/C=C\CCCCCCCC(=O)OCCCCCCCCCCCCCC(=O)NC(CO)C(O)/C=C/CCCCCCCCCCCCCCCCC. The molecule has 0 aromatic rings. The van der Waals surface area contributed by atoms with Gasteiger partial charge in [0, 0.05) is 12.8 Å². The lowest BCUT2D eigenvalue weighted by atomic mass is 10.0. The summed E-state index contributed by atoms with van der Waals surface area (Å²) in [6.45, 7) is 4.85. The molecule has 0 aliphatic carbocycles. The molecule has 59 heavy (non-hydrogen) atoms. The first kappa shape index (κ1) is 57.3. The summed E-state index contributed by atoms with van der Waals surface area (Å²) < 4.78 is 5.45. The van der Waals surface area contributed by atoms with Crippen LogP contribution in [0.15, 0.2) is 24.3 Å². The third-order valence-corrected chi connectivity index (χ3v) is 12.0. The van der Waals surface area contributed by atoms with Crippen molar-refractivity contribution in [1.82, 2.24) is 5.32 Å². The van der Waals surface area contributed by atoms with Gasteiger partial charge in [0.1, 0.15) is 0 Å². The largest absolute Gasteiger partial charge is 0.466 e. The topological polar surface area (TPSA) is 95.9 Å². The molecule has 0 heterocycles. The second-order valence-corrected chi connectivity index (χ2v) is 17.9. The summed E-state index contributed by atoms with van der Waals surface area (Å²) in [7, 11) is 0. The molecule has 3 N–H and O–H groups in total. The van der Waals surface area contributed by atoms with Crippen molar-refractivity contribution < 1.29 is 24.5 Å². The third kappa shape index (κ3) is 45.7. The number of carbonyl (C=O) groups is 2. The summed E-state index contributed by atoms with van der Waals surface area (Å²) in [5, 5.41) is 23.1. The Labute approximate surface area is 367 Å². The van der Waals surface area contributed by atoms with Crippen LogP contribution in [0.1, 0.15) is 277 Å². The van der Waals surface area contributed by atoms with Gasteiger partial charge in [0.15, 0.2) is 0 Å². The number of rotatable bonds is 48. The van der Waals surface area contributed by atoms with Gasteiger partial charge in [-0.1, -0.05) is 231 Å². The minimum atomic E-state index is -0.857. The summed E-state index contributed by atoms with van der Waals surface area (Å²) in [6.07, 6.45) is 57.4. The number of aliphatic hydroxyl groups excluding tert-OH is 2. The molecule has 0 spiro atoms. The van der Waals surface area contributed by atoms with Gasteiger partial charge in [-0.2, -0.15) is 0 Å². The molecular formula is C53H101NO5. The van der Waals surface area contributed by atoms with E-state index >= 15 is 0 Å². The van der Waals surface area contributed by atoms with Gasteiger partial charge in [0.05, 0.1) is 25.4 Å². The number of nitrogens with one attached hydrogen (secondary N) is 1. The molecule has 2 atom stereocenters. The molecule has 0 aromatic heterocycles. The quantitative estimate of drug-likeness (QED) is 0.0322. The van der Waals surface area contributed by atoms with E-state index in [1.807, 2.05) is 6.08 Å². The van der Waals surface area contributed by atoms with Crippen LogP contribution in [0, 0.1) is 0 Å². The zero-order chi connectivity index (χ0) is 43.0. The van der Waals surface area contributed by atoms with Gasteiger partial charge in [-0.25, -0.2) is 0 Å². The van der Waals surface area contributed by atoms with Crippen LogP contribution in [0.3, 0.4) is 0 Å². The van der Waals surface area contributed by atoms with E-state index in [2.05, 4.69) is 31.3 Å². The molecule has 6 nitrogen and oxygen atoms in total. The Balaban J connectivity index is 3.52. The molecule has 0 fully saturated rings. The van der Waals surface area contributed by atoms with Gasteiger partial charge in [0.25, 0.3) is 0 Å². The fourth-order valence-electron chi connectivity index (χ4n) is 7.92. The van der Waals surface area contributed by atoms with Gasteiger partial charge < -0.3 is 20.3 Å². The molecule has 348 valence electrons.